The molecule has 0 saturated carbocycles. The second-order valence-electron chi connectivity index (χ2n) is 4.74. The molecule has 1 N–H and O–H groups in total. The van der Waals surface area contributed by atoms with Gasteiger partial charge in [0.2, 0.25) is 0 Å². The average Bonchev–Trinajstić information content (AvgIpc) is 2.64. The number of likely N-dealkylation sites (N-methyl/N-ethyl adjacent to an activating group) is 1. The normalized spacial score (nSPS) is 12.0. The van der Waals surface area contributed by atoms with Crippen molar-refractivity contribution < 1.29 is 9.53 Å². The summed E-state index contributed by atoms with van der Waals surface area (Å²) in [5, 5.41) is 3.00. The van der Waals surface area contributed by atoms with Gasteiger partial charge in [-0.05, 0) is 46.0 Å². The molecule has 0 aliphatic carbocycles. The summed E-state index contributed by atoms with van der Waals surface area (Å²) in [6.07, 6.45) is 5.19. The fraction of sp³-hybridized carbons (Fsp3) is 0.462. The molecule has 0 unspecified atom stereocenters. The van der Waals surface area contributed by atoms with E-state index < -0.39 is 5.60 Å². The van der Waals surface area contributed by atoms with Gasteiger partial charge in [-0.15, -0.1) is 0 Å². The SMILES string of the molecule is CNCC=Cc1cccn1C(=O)OC(C)(C)C. The Morgan fingerprint density at radius 3 is 2.82 bits per heavy atom. The number of aromatic nitrogens is 1. The van der Waals surface area contributed by atoms with E-state index in [-0.39, 0.29) is 6.09 Å². The van der Waals surface area contributed by atoms with Gasteiger partial charge in [-0.25, -0.2) is 4.79 Å². The van der Waals surface area contributed by atoms with E-state index in [4.69, 9.17) is 4.74 Å². The first kappa shape index (κ1) is 13.5. The molecular formula is C13H20N2O2. The highest BCUT2D eigenvalue weighted by Crippen LogP contribution is 2.12. The second-order valence-corrected chi connectivity index (χ2v) is 4.74. The third kappa shape index (κ3) is 4.44. The summed E-state index contributed by atoms with van der Waals surface area (Å²) < 4.78 is 6.80. The van der Waals surface area contributed by atoms with Crippen LogP contribution in [0.5, 0.6) is 0 Å². The number of hydrogen-bond acceptors (Lipinski definition) is 3. The monoisotopic (exact) mass is 236 g/mol. The summed E-state index contributed by atoms with van der Waals surface area (Å²) in [7, 11) is 1.87. The molecule has 0 bridgehead atoms. The number of carbonyl (C=O) groups is 1. The Morgan fingerprint density at radius 1 is 1.53 bits per heavy atom. The zero-order valence-electron chi connectivity index (χ0n) is 10.9. The molecule has 0 aliphatic heterocycles. The Morgan fingerprint density at radius 2 is 2.24 bits per heavy atom. The fourth-order valence-electron chi connectivity index (χ4n) is 1.30. The lowest BCUT2D eigenvalue weighted by molar-refractivity contribution is 0.0536. The molecule has 0 atom stereocenters. The Kier molecular flexibility index (Phi) is 4.52. The first-order valence-electron chi connectivity index (χ1n) is 5.66. The highest BCUT2D eigenvalue weighted by atomic mass is 16.6. The predicted molar refractivity (Wildman–Crippen MR) is 69.0 cm³/mol. The summed E-state index contributed by atoms with van der Waals surface area (Å²) in [5.74, 6) is 0. The minimum Gasteiger partial charge on any atom is -0.443 e. The molecule has 1 aromatic heterocycles. The maximum Gasteiger partial charge on any atom is 0.418 e. The molecular weight excluding hydrogens is 216 g/mol. The highest BCUT2D eigenvalue weighted by molar-refractivity contribution is 5.74. The van der Waals surface area contributed by atoms with E-state index in [0.29, 0.717) is 0 Å². The van der Waals surface area contributed by atoms with Gasteiger partial charge in [-0.3, -0.25) is 4.57 Å². The zero-order valence-corrected chi connectivity index (χ0v) is 10.9. The van der Waals surface area contributed by atoms with Crippen molar-refractivity contribution in [2.75, 3.05) is 13.6 Å². The van der Waals surface area contributed by atoms with Crippen molar-refractivity contribution in [2.24, 2.45) is 0 Å². The number of carbonyl (C=O) groups excluding carboxylic acids is 1. The third-order valence-corrected chi connectivity index (χ3v) is 1.98. The van der Waals surface area contributed by atoms with Crippen molar-refractivity contribution in [3.05, 3.63) is 30.1 Å². The van der Waals surface area contributed by atoms with Crippen LogP contribution in [0, 0.1) is 0 Å². The van der Waals surface area contributed by atoms with E-state index in [1.54, 1.807) is 6.20 Å². The van der Waals surface area contributed by atoms with Gasteiger partial charge in [0.05, 0.1) is 5.69 Å². The molecule has 0 spiro atoms. The Bertz CT molecular complexity index is 400. The van der Waals surface area contributed by atoms with Crippen LogP contribution in [-0.4, -0.2) is 29.9 Å². The minimum absolute atomic E-state index is 0.355. The number of nitrogens with one attached hydrogen (secondary N) is 1. The van der Waals surface area contributed by atoms with Crippen LogP contribution in [-0.2, 0) is 4.74 Å². The fourth-order valence-corrected chi connectivity index (χ4v) is 1.30. The minimum atomic E-state index is -0.479. The maximum atomic E-state index is 11.9. The third-order valence-electron chi connectivity index (χ3n) is 1.98. The number of hydrogen-bond donors (Lipinski definition) is 1. The van der Waals surface area contributed by atoms with Crippen molar-refractivity contribution >= 4 is 12.2 Å². The number of nitrogens with zero attached hydrogens (tertiary/aromatic N) is 1. The van der Waals surface area contributed by atoms with E-state index in [9.17, 15) is 4.79 Å². The average molecular weight is 236 g/mol. The first-order chi connectivity index (χ1) is 7.94. The maximum absolute atomic E-state index is 11.9. The van der Waals surface area contributed by atoms with Gasteiger partial charge >= 0.3 is 6.09 Å². The Labute approximate surface area is 102 Å². The van der Waals surface area contributed by atoms with Crippen LogP contribution >= 0.6 is 0 Å². The molecule has 1 rings (SSSR count). The van der Waals surface area contributed by atoms with E-state index in [1.165, 1.54) is 4.57 Å². The van der Waals surface area contributed by atoms with Gasteiger partial charge in [0.25, 0.3) is 0 Å². The molecule has 1 aromatic rings. The molecule has 0 amide bonds. The molecule has 0 radical (unpaired) electrons. The summed E-state index contributed by atoms with van der Waals surface area (Å²) in [4.78, 5) is 11.9. The van der Waals surface area contributed by atoms with Crippen molar-refractivity contribution in [3.8, 4) is 0 Å². The number of rotatable bonds is 3. The molecule has 0 saturated heterocycles. The smallest absolute Gasteiger partial charge is 0.418 e. The summed E-state index contributed by atoms with van der Waals surface area (Å²) >= 11 is 0. The quantitative estimate of drug-likeness (QED) is 0.877. The van der Waals surface area contributed by atoms with Crippen molar-refractivity contribution in [1.82, 2.24) is 9.88 Å². The van der Waals surface area contributed by atoms with Gasteiger partial charge in [0.1, 0.15) is 5.60 Å². The highest BCUT2D eigenvalue weighted by Gasteiger charge is 2.18. The Balaban J connectivity index is 2.78. The molecule has 4 heteroatoms. The van der Waals surface area contributed by atoms with E-state index in [2.05, 4.69) is 5.32 Å². The Hall–Kier alpha value is -1.55. The van der Waals surface area contributed by atoms with Crippen molar-refractivity contribution in [1.29, 1.82) is 0 Å². The van der Waals surface area contributed by atoms with Crippen LogP contribution in [0.2, 0.25) is 0 Å². The van der Waals surface area contributed by atoms with Crippen LogP contribution in [0.25, 0.3) is 6.08 Å². The molecule has 94 valence electrons. The van der Waals surface area contributed by atoms with Gasteiger partial charge in [-0.1, -0.05) is 6.08 Å². The van der Waals surface area contributed by atoms with Crippen LogP contribution < -0.4 is 5.32 Å². The molecule has 4 nitrogen and oxygen atoms in total. The van der Waals surface area contributed by atoms with Crippen molar-refractivity contribution in [3.63, 3.8) is 0 Å². The lowest BCUT2D eigenvalue weighted by atomic mass is 10.2. The van der Waals surface area contributed by atoms with Crippen LogP contribution in [0.3, 0.4) is 0 Å². The van der Waals surface area contributed by atoms with Crippen LogP contribution in [0.15, 0.2) is 24.4 Å². The van der Waals surface area contributed by atoms with Gasteiger partial charge in [0, 0.05) is 12.7 Å². The molecule has 17 heavy (non-hydrogen) atoms. The predicted octanol–water partition coefficient (Wildman–Crippen LogP) is 2.50. The van der Waals surface area contributed by atoms with E-state index >= 15 is 0 Å². The standard InChI is InChI=1S/C13H20N2O2/c1-13(2,3)17-12(16)15-10-6-8-11(15)7-5-9-14-4/h5-8,10,14H,9H2,1-4H3. The lowest BCUT2D eigenvalue weighted by Crippen LogP contribution is -2.27. The van der Waals surface area contributed by atoms with Gasteiger partial charge in [-0.2, -0.15) is 0 Å². The lowest BCUT2D eigenvalue weighted by Gasteiger charge is -2.20. The van der Waals surface area contributed by atoms with E-state index in [0.717, 1.165) is 12.2 Å². The summed E-state index contributed by atoms with van der Waals surface area (Å²) in [5.41, 5.74) is 0.335. The number of ether oxygens (including phenoxy) is 1. The van der Waals surface area contributed by atoms with E-state index in [1.807, 2.05) is 52.1 Å². The zero-order chi connectivity index (χ0) is 12.9. The second kappa shape index (κ2) is 5.68. The largest absolute Gasteiger partial charge is 0.443 e. The molecule has 0 fully saturated rings. The van der Waals surface area contributed by atoms with Crippen molar-refractivity contribution in [2.45, 2.75) is 26.4 Å². The van der Waals surface area contributed by atoms with Crippen LogP contribution in [0.4, 0.5) is 4.79 Å². The molecule has 0 aliphatic rings. The topological polar surface area (TPSA) is 43.3 Å². The molecule has 1 heterocycles. The summed E-state index contributed by atoms with van der Waals surface area (Å²) in [6, 6.07) is 3.69. The first-order valence-corrected chi connectivity index (χ1v) is 5.66. The molecule has 0 aromatic carbocycles. The summed E-state index contributed by atoms with van der Waals surface area (Å²) in [6.45, 7) is 6.32. The van der Waals surface area contributed by atoms with Crippen LogP contribution in [0.1, 0.15) is 26.5 Å². The van der Waals surface area contributed by atoms with Gasteiger partial charge in [0.15, 0.2) is 0 Å². The van der Waals surface area contributed by atoms with Gasteiger partial charge < -0.3 is 10.1 Å².